The monoisotopic (exact) mass is 1530 g/mol. The largest absolute Gasteiger partial charge is 0.472 e. The van der Waals surface area contributed by atoms with Gasteiger partial charge in [0.1, 0.15) is 19.3 Å². The van der Waals surface area contributed by atoms with Gasteiger partial charge < -0.3 is 33.8 Å². The highest BCUT2D eigenvalue weighted by molar-refractivity contribution is 7.47. The van der Waals surface area contributed by atoms with Crippen LogP contribution in [0.4, 0.5) is 0 Å². The fourth-order valence-electron chi connectivity index (χ4n) is 12.9. The third kappa shape index (κ3) is 79.4. The van der Waals surface area contributed by atoms with E-state index in [0.29, 0.717) is 25.7 Å². The molecule has 0 aromatic carbocycles. The van der Waals surface area contributed by atoms with Crippen LogP contribution in [0.25, 0.3) is 0 Å². The van der Waals surface area contributed by atoms with Gasteiger partial charge in [0.2, 0.25) is 0 Å². The summed E-state index contributed by atoms with van der Waals surface area (Å²) >= 11 is 0. The number of allylic oxidation sites excluding steroid dienone is 4. The molecule has 17 nitrogen and oxygen atoms in total. The molecule has 0 amide bonds. The number of hydrogen-bond donors (Lipinski definition) is 3. The van der Waals surface area contributed by atoms with E-state index in [1.54, 1.807) is 0 Å². The van der Waals surface area contributed by atoms with E-state index in [9.17, 15) is 43.2 Å². The minimum atomic E-state index is -4.97. The Bertz CT molecular complexity index is 2090. The maximum atomic E-state index is 13.1. The maximum Gasteiger partial charge on any atom is 0.472 e. The first-order valence-electron chi connectivity index (χ1n) is 44.0. The van der Waals surface area contributed by atoms with Crippen molar-refractivity contribution < 1.29 is 80.2 Å². The van der Waals surface area contributed by atoms with Crippen LogP contribution in [0.1, 0.15) is 439 Å². The van der Waals surface area contributed by atoms with Crippen LogP contribution in [-0.4, -0.2) is 96.7 Å². The molecule has 0 heterocycles. The SMILES string of the molecule is CCCCCC/C=C\C=C/CCCCCCCC(=O)O[C@H](COC(=O)CCCCCCCCCCCCCC)COP(=O)(O)OC[C@H](O)COP(=O)(O)OC[C@@H](COC(=O)CCCCCCCCCCCCCCCCCCCCC)OC(=O)CCCCCCCCCCCCCCCCCCC(C)C. The van der Waals surface area contributed by atoms with E-state index in [1.807, 2.05) is 0 Å². The third-order valence-electron chi connectivity index (χ3n) is 19.7. The summed E-state index contributed by atoms with van der Waals surface area (Å²) in [6.45, 7) is 7.33. The van der Waals surface area contributed by atoms with E-state index in [4.69, 9.17) is 37.0 Å². The number of ether oxygens (including phenoxy) is 4. The molecule has 3 N–H and O–H groups in total. The molecule has 0 aliphatic heterocycles. The van der Waals surface area contributed by atoms with Gasteiger partial charge in [-0.3, -0.25) is 37.3 Å². The minimum absolute atomic E-state index is 0.0858. The van der Waals surface area contributed by atoms with Crippen molar-refractivity contribution in [3.05, 3.63) is 24.3 Å². The van der Waals surface area contributed by atoms with Gasteiger partial charge in [-0.1, -0.05) is 386 Å². The normalized spacial score (nSPS) is 13.9. The number of rotatable bonds is 84. The van der Waals surface area contributed by atoms with Gasteiger partial charge in [0.25, 0.3) is 0 Å². The van der Waals surface area contributed by atoms with Gasteiger partial charge >= 0.3 is 39.5 Å². The summed E-state index contributed by atoms with van der Waals surface area (Å²) in [7, 11) is -9.94. The zero-order valence-electron chi connectivity index (χ0n) is 68.4. The molecule has 0 aromatic heterocycles. The van der Waals surface area contributed by atoms with Crippen molar-refractivity contribution >= 4 is 39.5 Å². The summed E-state index contributed by atoms with van der Waals surface area (Å²) in [5.74, 6) is -1.32. The molecule has 0 rings (SSSR count). The molecule has 0 aliphatic rings. The van der Waals surface area contributed by atoms with Crippen molar-refractivity contribution in [2.45, 2.75) is 457 Å². The third-order valence-corrected chi connectivity index (χ3v) is 21.6. The standard InChI is InChI=1S/C86H164O17P2/c1-6-9-12-15-18-21-24-27-29-30-31-32-37-40-45-50-55-60-65-70-84(89)97-76-82(103-86(91)72-67-62-57-52-47-42-38-34-33-36-39-43-48-53-58-63-68-79(4)5)78-101-105(94,95)99-74-80(87)73-98-104(92,93)100-77-81(75-96-83(88)69-64-59-54-49-44-26-23-20-17-14-11-8-3)102-85(90)71-66-61-56-51-46-41-35-28-25-22-19-16-13-10-7-2/h22,25,28,35,79-82,87H,6-21,23-24,26-27,29-34,36-78H2,1-5H3,(H,92,93)(H,94,95)/b25-22-,35-28-/t80-,81+,82+/m0/s1. The van der Waals surface area contributed by atoms with Crippen LogP contribution in [0.3, 0.4) is 0 Å². The number of esters is 4. The Morgan fingerprint density at radius 1 is 0.295 bits per heavy atom. The van der Waals surface area contributed by atoms with Crippen LogP contribution in [0, 0.1) is 5.92 Å². The first-order chi connectivity index (χ1) is 51.0. The fourth-order valence-corrected chi connectivity index (χ4v) is 14.5. The first kappa shape index (κ1) is 103. The predicted octanol–water partition coefficient (Wildman–Crippen LogP) is 25.9. The van der Waals surface area contributed by atoms with E-state index >= 15 is 0 Å². The molecule has 105 heavy (non-hydrogen) atoms. The molecule has 0 saturated carbocycles. The molecule has 0 aliphatic carbocycles. The second-order valence-corrected chi connectivity index (χ2v) is 33.6. The molecule has 0 radical (unpaired) electrons. The van der Waals surface area contributed by atoms with E-state index < -0.39 is 97.5 Å². The zero-order chi connectivity index (χ0) is 76.9. The van der Waals surface area contributed by atoms with Gasteiger partial charge in [0.15, 0.2) is 12.2 Å². The summed E-state index contributed by atoms with van der Waals surface area (Å²) in [4.78, 5) is 73.2. The lowest BCUT2D eigenvalue weighted by molar-refractivity contribution is -0.161. The number of carbonyl (C=O) groups is 4. The van der Waals surface area contributed by atoms with Crippen LogP contribution in [0.15, 0.2) is 24.3 Å². The Morgan fingerprint density at radius 3 is 0.781 bits per heavy atom. The van der Waals surface area contributed by atoms with Crippen molar-refractivity contribution in [2.75, 3.05) is 39.6 Å². The number of carbonyl (C=O) groups excluding carboxylic acids is 4. The molecule has 0 spiro atoms. The lowest BCUT2D eigenvalue weighted by atomic mass is 10.0. The van der Waals surface area contributed by atoms with E-state index in [-0.39, 0.29) is 25.7 Å². The van der Waals surface area contributed by atoms with Crippen LogP contribution in [0.5, 0.6) is 0 Å². The molecule has 0 bridgehead atoms. The van der Waals surface area contributed by atoms with E-state index in [2.05, 4.69) is 58.9 Å². The number of phosphoric acid groups is 2. The van der Waals surface area contributed by atoms with Gasteiger partial charge in [0.05, 0.1) is 26.4 Å². The lowest BCUT2D eigenvalue weighted by Crippen LogP contribution is -2.30. The highest BCUT2D eigenvalue weighted by Crippen LogP contribution is 2.45. The molecule has 19 heteroatoms. The van der Waals surface area contributed by atoms with Gasteiger partial charge in [-0.25, -0.2) is 9.13 Å². The van der Waals surface area contributed by atoms with Crippen molar-refractivity contribution in [1.82, 2.24) is 0 Å². The van der Waals surface area contributed by atoms with Gasteiger partial charge in [-0.2, -0.15) is 0 Å². The quantitative estimate of drug-likeness (QED) is 0.0169. The minimum Gasteiger partial charge on any atom is -0.462 e. The predicted molar refractivity (Wildman–Crippen MR) is 432 cm³/mol. The Balaban J connectivity index is 5.28. The van der Waals surface area contributed by atoms with Crippen LogP contribution < -0.4 is 0 Å². The molecular formula is C86H164O17P2. The number of unbranched alkanes of at least 4 members (excludes halogenated alkanes) is 53. The summed E-state index contributed by atoms with van der Waals surface area (Å²) in [5, 5.41) is 10.7. The molecule has 620 valence electrons. The van der Waals surface area contributed by atoms with Crippen LogP contribution in [-0.2, 0) is 65.4 Å². The maximum absolute atomic E-state index is 13.1. The molecular weight excluding hydrogens is 1370 g/mol. The number of hydrogen-bond acceptors (Lipinski definition) is 15. The van der Waals surface area contributed by atoms with Gasteiger partial charge in [0, 0.05) is 25.7 Å². The van der Waals surface area contributed by atoms with Crippen molar-refractivity contribution in [3.8, 4) is 0 Å². The topological polar surface area (TPSA) is 237 Å². The second kappa shape index (κ2) is 78.2. The first-order valence-corrected chi connectivity index (χ1v) is 46.9. The molecule has 0 saturated heterocycles. The number of phosphoric ester groups is 2. The van der Waals surface area contributed by atoms with Crippen molar-refractivity contribution in [3.63, 3.8) is 0 Å². The second-order valence-electron chi connectivity index (χ2n) is 30.7. The van der Waals surface area contributed by atoms with Gasteiger partial charge in [-0.15, -0.1) is 0 Å². The highest BCUT2D eigenvalue weighted by Gasteiger charge is 2.30. The molecule has 0 aromatic rings. The van der Waals surface area contributed by atoms with Crippen molar-refractivity contribution in [1.29, 1.82) is 0 Å². The van der Waals surface area contributed by atoms with Gasteiger partial charge in [-0.05, 0) is 57.3 Å². The summed E-state index contributed by atoms with van der Waals surface area (Å²) in [6.07, 6.45) is 74.3. The number of aliphatic hydroxyl groups excluding tert-OH is 1. The smallest absolute Gasteiger partial charge is 0.462 e. The highest BCUT2D eigenvalue weighted by atomic mass is 31.2. The van der Waals surface area contributed by atoms with Crippen LogP contribution in [0.2, 0.25) is 0 Å². The zero-order valence-corrected chi connectivity index (χ0v) is 70.1. The lowest BCUT2D eigenvalue weighted by Gasteiger charge is -2.21. The Labute approximate surface area is 643 Å². The summed E-state index contributed by atoms with van der Waals surface area (Å²) < 4.78 is 68.9. The Morgan fingerprint density at radius 2 is 0.514 bits per heavy atom. The van der Waals surface area contributed by atoms with E-state index in [0.717, 1.165) is 109 Å². The fraction of sp³-hybridized carbons (Fsp3) is 0.907. The van der Waals surface area contributed by atoms with Crippen LogP contribution >= 0.6 is 15.6 Å². The Hall–Kier alpha value is -2.46. The molecule has 2 unspecified atom stereocenters. The average Bonchev–Trinajstić information content (AvgIpc) is 0.910. The van der Waals surface area contributed by atoms with E-state index in [1.165, 1.54) is 250 Å². The summed E-state index contributed by atoms with van der Waals surface area (Å²) in [6, 6.07) is 0. The van der Waals surface area contributed by atoms with Crippen molar-refractivity contribution in [2.24, 2.45) is 5.92 Å². The molecule has 5 atom stereocenters. The molecule has 0 fully saturated rings. The Kier molecular flexibility index (Phi) is 76.4. The average molecular weight is 1530 g/mol. The summed E-state index contributed by atoms with van der Waals surface area (Å²) in [5.41, 5.74) is 0. The number of aliphatic hydroxyl groups is 1.